The molecule has 9 nitrogen and oxygen atoms in total. The number of rotatable bonds is 5. The second-order valence-electron chi connectivity index (χ2n) is 5.00. The largest absolute Gasteiger partial charge is 0.343 e. The molecule has 0 spiro atoms. The zero-order chi connectivity index (χ0) is 19.1. The lowest BCUT2D eigenvalue weighted by molar-refractivity contribution is -0.384. The van der Waals surface area contributed by atoms with Crippen molar-refractivity contribution in [1.82, 2.24) is 16.2 Å². The lowest BCUT2D eigenvalue weighted by atomic mass is 10.2. The molecular formula is C16H13ClN4O5. The quantitative estimate of drug-likeness (QED) is 0.537. The fourth-order valence-electron chi connectivity index (χ4n) is 1.87. The maximum absolute atomic E-state index is 11.9. The first kappa shape index (κ1) is 18.9. The van der Waals surface area contributed by atoms with Crippen LogP contribution in [-0.4, -0.2) is 29.2 Å². The Hall–Kier alpha value is -3.46. The monoisotopic (exact) mass is 376 g/mol. The Morgan fingerprint density at radius 3 is 2.31 bits per heavy atom. The molecule has 0 unspecified atom stereocenters. The van der Waals surface area contributed by atoms with Crippen molar-refractivity contribution in [2.75, 3.05) is 6.54 Å². The molecule has 3 N–H and O–H groups in total. The van der Waals surface area contributed by atoms with Gasteiger partial charge in [0.1, 0.15) is 0 Å². The molecule has 0 aliphatic carbocycles. The second-order valence-corrected chi connectivity index (χ2v) is 5.44. The van der Waals surface area contributed by atoms with Crippen molar-refractivity contribution in [2.24, 2.45) is 0 Å². The lowest BCUT2D eigenvalue weighted by Gasteiger charge is -2.08. The van der Waals surface area contributed by atoms with E-state index in [0.29, 0.717) is 5.02 Å². The number of carbonyl (C=O) groups is 3. The molecule has 0 aliphatic heterocycles. The minimum absolute atomic E-state index is 0.0391. The van der Waals surface area contributed by atoms with Crippen LogP contribution in [0.3, 0.4) is 0 Å². The van der Waals surface area contributed by atoms with Gasteiger partial charge in [-0.2, -0.15) is 0 Å². The molecular weight excluding hydrogens is 364 g/mol. The summed E-state index contributed by atoms with van der Waals surface area (Å²) in [6.45, 7) is -0.428. The number of hydrazine groups is 1. The summed E-state index contributed by atoms with van der Waals surface area (Å²) >= 11 is 5.71. The summed E-state index contributed by atoms with van der Waals surface area (Å²) in [5, 5.41) is 13.4. The smallest absolute Gasteiger partial charge is 0.270 e. The zero-order valence-electron chi connectivity index (χ0n) is 13.2. The van der Waals surface area contributed by atoms with Gasteiger partial charge < -0.3 is 5.32 Å². The van der Waals surface area contributed by atoms with Crippen LogP contribution in [0.25, 0.3) is 0 Å². The number of carbonyl (C=O) groups excluding carboxylic acids is 3. The van der Waals surface area contributed by atoms with E-state index in [2.05, 4.69) is 16.2 Å². The molecule has 0 saturated carbocycles. The van der Waals surface area contributed by atoms with E-state index in [4.69, 9.17) is 11.6 Å². The van der Waals surface area contributed by atoms with Crippen LogP contribution in [0, 0.1) is 10.1 Å². The fraction of sp³-hybridized carbons (Fsp3) is 0.0625. The van der Waals surface area contributed by atoms with Gasteiger partial charge in [-0.25, -0.2) is 0 Å². The summed E-state index contributed by atoms with van der Waals surface area (Å²) in [7, 11) is 0. The van der Waals surface area contributed by atoms with Gasteiger partial charge in [-0.15, -0.1) is 0 Å². The first-order chi connectivity index (χ1) is 12.4. The third-order valence-corrected chi connectivity index (χ3v) is 3.40. The van der Waals surface area contributed by atoms with Gasteiger partial charge in [0.2, 0.25) is 0 Å². The topological polar surface area (TPSA) is 130 Å². The number of nitrogens with one attached hydrogen (secondary N) is 3. The van der Waals surface area contributed by atoms with Crippen LogP contribution in [0.4, 0.5) is 5.69 Å². The number of nitro groups is 1. The van der Waals surface area contributed by atoms with Crippen molar-refractivity contribution in [3.63, 3.8) is 0 Å². The highest BCUT2D eigenvalue weighted by atomic mass is 35.5. The van der Waals surface area contributed by atoms with Gasteiger partial charge in [0.25, 0.3) is 23.4 Å². The summed E-state index contributed by atoms with van der Waals surface area (Å²) in [5.41, 5.74) is 4.41. The van der Waals surface area contributed by atoms with Gasteiger partial charge in [-0.1, -0.05) is 17.7 Å². The van der Waals surface area contributed by atoms with E-state index in [1.165, 1.54) is 42.5 Å². The number of hydrogen-bond donors (Lipinski definition) is 3. The van der Waals surface area contributed by atoms with Crippen LogP contribution >= 0.6 is 11.6 Å². The molecule has 0 aliphatic rings. The molecule has 0 bridgehead atoms. The van der Waals surface area contributed by atoms with Gasteiger partial charge >= 0.3 is 0 Å². The Labute approximate surface area is 152 Å². The fourth-order valence-corrected chi connectivity index (χ4v) is 1.99. The van der Waals surface area contributed by atoms with Crippen molar-refractivity contribution in [3.8, 4) is 0 Å². The minimum atomic E-state index is -0.675. The Morgan fingerprint density at radius 2 is 1.65 bits per heavy atom. The number of nitrogens with zero attached hydrogens (tertiary/aromatic N) is 1. The zero-order valence-corrected chi connectivity index (χ0v) is 13.9. The summed E-state index contributed by atoms with van der Waals surface area (Å²) < 4.78 is 0. The molecule has 0 fully saturated rings. The van der Waals surface area contributed by atoms with Crippen LogP contribution in [0.5, 0.6) is 0 Å². The predicted molar refractivity (Wildman–Crippen MR) is 92.5 cm³/mol. The first-order valence-electron chi connectivity index (χ1n) is 7.24. The van der Waals surface area contributed by atoms with Crippen molar-refractivity contribution in [3.05, 3.63) is 74.8 Å². The Kier molecular flexibility index (Phi) is 6.23. The Balaban J connectivity index is 1.82. The van der Waals surface area contributed by atoms with Gasteiger partial charge in [0.05, 0.1) is 11.5 Å². The molecule has 0 heterocycles. The number of halogens is 1. The highest BCUT2D eigenvalue weighted by Gasteiger charge is 2.13. The van der Waals surface area contributed by atoms with Gasteiger partial charge in [0.15, 0.2) is 0 Å². The molecule has 10 heteroatoms. The standard InChI is InChI=1S/C16H13ClN4O5/c17-12-6-4-10(5-7-12)16(24)20-19-14(22)9-18-15(23)11-2-1-3-13(8-11)21(25)26/h1-8H,9H2,(H,18,23)(H,19,22)(H,20,24). The summed E-state index contributed by atoms with van der Waals surface area (Å²) in [5.74, 6) is -1.89. The van der Waals surface area contributed by atoms with Crippen molar-refractivity contribution < 1.29 is 19.3 Å². The molecule has 134 valence electrons. The van der Waals surface area contributed by atoms with E-state index in [-0.39, 0.29) is 16.8 Å². The average molecular weight is 377 g/mol. The second kappa shape index (κ2) is 8.58. The van der Waals surface area contributed by atoms with Crippen LogP contribution in [0.1, 0.15) is 20.7 Å². The van der Waals surface area contributed by atoms with Crippen molar-refractivity contribution >= 4 is 35.0 Å². The van der Waals surface area contributed by atoms with Gasteiger partial charge in [-0.05, 0) is 30.3 Å². The maximum atomic E-state index is 11.9. The number of amides is 3. The van der Waals surface area contributed by atoms with Crippen LogP contribution in [0.15, 0.2) is 48.5 Å². The van der Waals surface area contributed by atoms with Crippen LogP contribution in [0.2, 0.25) is 5.02 Å². The first-order valence-corrected chi connectivity index (χ1v) is 7.62. The van der Waals surface area contributed by atoms with E-state index < -0.39 is 29.2 Å². The number of benzene rings is 2. The molecule has 2 aromatic rings. The average Bonchev–Trinajstić information content (AvgIpc) is 2.64. The Bertz CT molecular complexity index is 854. The van der Waals surface area contributed by atoms with E-state index in [1.807, 2.05) is 0 Å². The van der Waals surface area contributed by atoms with Crippen LogP contribution < -0.4 is 16.2 Å². The molecule has 2 aromatic carbocycles. The Morgan fingerprint density at radius 1 is 0.962 bits per heavy atom. The molecule has 3 amide bonds. The van der Waals surface area contributed by atoms with E-state index in [0.717, 1.165) is 6.07 Å². The van der Waals surface area contributed by atoms with Crippen LogP contribution in [-0.2, 0) is 4.79 Å². The van der Waals surface area contributed by atoms with E-state index in [1.54, 1.807) is 0 Å². The molecule has 0 aromatic heterocycles. The number of hydrogen-bond acceptors (Lipinski definition) is 5. The third kappa shape index (κ3) is 5.28. The molecule has 0 saturated heterocycles. The highest BCUT2D eigenvalue weighted by molar-refractivity contribution is 6.30. The van der Waals surface area contributed by atoms with Crippen molar-refractivity contribution in [1.29, 1.82) is 0 Å². The predicted octanol–water partition coefficient (Wildman–Crippen LogP) is 1.44. The SMILES string of the molecule is O=C(CNC(=O)c1cccc([N+](=O)[O-])c1)NNC(=O)c1ccc(Cl)cc1. The summed E-state index contributed by atoms with van der Waals surface area (Å²) in [4.78, 5) is 45.4. The summed E-state index contributed by atoms with van der Waals surface area (Å²) in [6.07, 6.45) is 0. The minimum Gasteiger partial charge on any atom is -0.343 e. The normalized spacial score (nSPS) is 9.88. The number of non-ortho nitro benzene ring substituents is 1. The number of nitro benzene ring substituents is 1. The van der Waals surface area contributed by atoms with E-state index in [9.17, 15) is 24.5 Å². The van der Waals surface area contributed by atoms with Gasteiger partial charge in [-0.3, -0.25) is 35.3 Å². The molecule has 0 radical (unpaired) electrons. The molecule has 0 atom stereocenters. The van der Waals surface area contributed by atoms with Crippen molar-refractivity contribution in [2.45, 2.75) is 0 Å². The third-order valence-electron chi connectivity index (χ3n) is 3.15. The van der Waals surface area contributed by atoms with E-state index >= 15 is 0 Å². The maximum Gasteiger partial charge on any atom is 0.270 e. The highest BCUT2D eigenvalue weighted by Crippen LogP contribution is 2.12. The van der Waals surface area contributed by atoms with Gasteiger partial charge in [0, 0.05) is 28.3 Å². The molecule has 26 heavy (non-hydrogen) atoms. The summed E-state index contributed by atoms with van der Waals surface area (Å²) in [6, 6.07) is 11.1. The molecule has 2 rings (SSSR count). The lowest BCUT2D eigenvalue weighted by Crippen LogP contribution is -2.46.